The summed E-state index contributed by atoms with van der Waals surface area (Å²) < 4.78 is 0. The summed E-state index contributed by atoms with van der Waals surface area (Å²) in [6, 6.07) is 2.11. The van der Waals surface area contributed by atoms with Gasteiger partial charge in [-0.15, -0.1) is 0 Å². The minimum Gasteiger partial charge on any atom is -0.397 e. The predicted molar refractivity (Wildman–Crippen MR) is 73.2 cm³/mol. The van der Waals surface area contributed by atoms with Crippen LogP contribution in [0.4, 0.5) is 11.5 Å². The highest BCUT2D eigenvalue weighted by Crippen LogP contribution is 2.38. The summed E-state index contributed by atoms with van der Waals surface area (Å²) in [6.07, 6.45) is 5.58. The van der Waals surface area contributed by atoms with E-state index in [9.17, 15) is 0 Å². The van der Waals surface area contributed by atoms with Crippen LogP contribution in [0.25, 0.3) is 0 Å². The monoisotopic (exact) mass is 233 g/mol. The van der Waals surface area contributed by atoms with E-state index in [0.717, 1.165) is 30.2 Å². The lowest BCUT2D eigenvalue weighted by molar-refractivity contribution is 0.301. The molecule has 0 radical (unpaired) electrons. The summed E-state index contributed by atoms with van der Waals surface area (Å²) in [6.45, 7) is 8.90. The number of aryl methyl sites for hydroxylation is 1. The second-order valence-corrected chi connectivity index (χ2v) is 5.28. The average molecular weight is 233 g/mol. The summed E-state index contributed by atoms with van der Waals surface area (Å²) >= 11 is 0. The summed E-state index contributed by atoms with van der Waals surface area (Å²) in [5, 5.41) is 0. The molecule has 0 atom stereocenters. The van der Waals surface area contributed by atoms with Crippen molar-refractivity contribution in [1.29, 1.82) is 0 Å². The van der Waals surface area contributed by atoms with Crippen LogP contribution in [0.2, 0.25) is 0 Å². The Kier molecular flexibility index (Phi) is 3.27. The molecule has 3 heteroatoms. The van der Waals surface area contributed by atoms with Gasteiger partial charge in [0.2, 0.25) is 0 Å². The standard InChI is InChI=1S/C14H23N3/c1-4-14(5-2)6-7-17(10-14)13-8-11(3)12(15)9-16-13/h8-9H,4-7,10,15H2,1-3H3. The molecule has 0 aliphatic carbocycles. The summed E-state index contributed by atoms with van der Waals surface area (Å²) in [5.41, 5.74) is 8.22. The molecule has 1 aliphatic heterocycles. The fourth-order valence-corrected chi connectivity index (χ4v) is 2.68. The molecular formula is C14H23N3. The highest BCUT2D eigenvalue weighted by atomic mass is 15.2. The molecule has 17 heavy (non-hydrogen) atoms. The number of aromatic nitrogens is 1. The molecule has 3 nitrogen and oxygen atoms in total. The summed E-state index contributed by atoms with van der Waals surface area (Å²) in [7, 11) is 0. The van der Waals surface area contributed by atoms with E-state index in [4.69, 9.17) is 5.73 Å². The lowest BCUT2D eigenvalue weighted by Gasteiger charge is -2.26. The first kappa shape index (κ1) is 12.2. The van der Waals surface area contributed by atoms with Gasteiger partial charge in [0.25, 0.3) is 0 Å². The van der Waals surface area contributed by atoms with Crippen LogP contribution in [-0.4, -0.2) is 18.1 Å². The van der Waals surface area contributed by atoms with Crippen LogP contribution >= 0.6 is 0 Å². The van der Waals surface area contributed by atoms with Gasteiger partial charge in [0, 0.05) is 13.1 Å². The van der Waals surface area contributed by atoms with Crippen LogP contribution in [0.5, 0.6) is 0 Å². The molecule has 1 aliphatic rings. The second kappa shape index (κ2) is 4.55. The summed E-state index contributed by atoms with van der Waals surface area (Å²) in [4.78, 5) is 6.86. The third-order valence-corrected chi connectivity index (χ3v) is 4.40. The van der Waals surface area contributed by atoms with E-state index < -0.39 is 0 Å². The van der Waals surface area contributed by atoms with Gasteiger partial charge in [-0.05, 0) is 43.2 Å². The van der Waals surface area contributed by atoms with Crippen LogP contribution in [0.15, 0.2) is 12.3 Å². The smallest absolute Gasteiger partial charge is 0.128 e. The first-order chi connectivity index (χ1) is 8.10. The van der Waals surface area contributed by atoms with Gasteiger partial charge >= 0.3 is 0 Å². The quantitative estimate of drug-likeness (QED) is 0.872. The van der Waals surface area contributed by atoms with Crippen LogP contribution in [0, 0.1) is 12.3 Å². The highest BCUT2D eigenvalue weighted by molar-refractivity contribution is 5.52. The molecule has 0 unspecified atom stereocenters. The van der Waals surface area contributed by atoms with E-state index in [0.29, 0.717) is 5.41 Å². The SMILES string of the molecule is CCC1(CC)CCN(c2cc(C)c(N)cn2)C1. The molecule has 2 heterocycles. The molecule has 1 fully saturated rings. The molecule has 2 N–H and O–H groups in total. The number of nitrogens with two attached hydrogens (primary N) is 1. The molecule has 0 aromatic carbocycles. The average Bonchev–Trinajstić information content (AvgIpc) is 2.78. The van der Waals surface area contributed by atoms with Crippen molar-refractivity contribution in [1.82, 2.24) is 4.98 Å². The Labute approximate surface area is 104 Å². The molecule has 1 aromatic rings. The Morgan fingerprint density at radius 2 is 2.12 bits per heavy atom. The molecule has 0 saturated carbocycles. The molecule has 94 valence electrons. The Morgan fingerprint density at radius 3 is 2.65 bits per heavy atom. The number of hydrogen-bond donors (Lipinski definition) is 1. The third kappa shape index (κ3) is 2.24. The zero-order valence-electron chi connectivity index (χ0n) is 11.2. The van der Waals surface area contributed by atoms with E-state index in [-0.39, 0.29) is 0 Å². The number of hydrogen-bond acceptors (Lipinski definition) is 3. The van der Waals surface area contributed by atoms with Crippen LogP contribution in [0.1, 0.15) is 38.7 Å². The van der Waals surface area contributed by atoms with Crippen molar-refractivity contribution < 1.29 is 0 Å². The van der Waals surface area contributed by atoms with E-state index in [2.05, 4.69) is 29.8 Å². The van der Waals surface area contributed by atoms with Crippen molar-refractivity contribution in [2.45, 2.75) is 40.0 Å². The van der Waals surface area contributed by atoms with Crippen LogP contribution in [-0.2, 0) is 0 Å². The van der Waals surface area contributed by atoms with Gasteiger partial charge in [-0.1, -0.05) is 13.8 Å². The number of pyridine rings is 1. The van der Waals surface area contributed by atoms with Crippen molar-refractivity contribution in [3.63, 3.8) is 0 Å². The van der Waals surface area contributed by atoms with Crippen molar-refractivity contribution in [2.24, 2.45) is 5.41 Å². The number of nitrogens with zero attached hydrogens (tertiary/aromatic N) is 2. The van der Waals surface area contributed by atoms with Gasteiger partial charge in [0.05, 0.1) is 11.9 Å². The maximum absolute atomic E-state index is 5.81. The van der Waals surface area contributed by atoms with Crippen LogP contribution < -0.4 is 10.6 Å². The fourth-order valence-electron chi connectivity index (χ4n) is 2.68. The van der Waals surface area contributed by atoms with Crippen molar-refractivity contribution in [3.8, 4) is 0 Å². The molecule has 2 rings (SSSR count). The van der Waals surface area contributed by atoms with Gasteiger partial charge in [-0.2, -0.15) is 0 Å². The van der Waals surface area contributed by atoms with Gasteiger partial charge in [0.15, 0.2) is 0 Å². The Hall–Kier alpha value is -1.25. The van der Waals surface area contributed by atoms with Gasteiger partial charge in [-0.25, -0.2) is 4.98 Å². The first-order valence-electron chi connectivity index (χ1n) is 6.57. The minimum absolute atomic E-state index is 0.497. The minimum atomic E-state index is 0.497. The lowest BCUT2D eigenvalue weighted by atomic mass is 9.82. The maximum atomic E-state index is 5.81. The molecule has 1 saturated heterocycles. The predicted octanol–water partition coefficient (Wildman–Crippen LogP) is 2.99. The third-order valence-electron chi connectivity index (χ3n) is 4.40. The second-order valence-electron chi connectivity index (χ2n) is 5.28. The fraction of sp³-hybridized carbons (Fsp3) is 0.643. The molecule has 0 amide bonds. The van der Waals surface area contributed by atoms with Gasteiger partial charge < -0.3 is 10.6 Å². The Bertz CT molecular complexity index is 396. The molecule has 0 bridgehead atoms. The number of nitrogen functional groups attached to an aromatic ring is 1. The molecule has 0 spiro atoms. The normalized spacial score (nSPS) is 18.6. The van der Waals surface area contributed by atoms with E-state index in [1.165, 1.54) is 19.3 Å². The number of rotatable bonds is 3. The highest BCUT2D eigenvalue weighted by Gasteiger charge is 2.35. The Balaban J connectivity index is 2.17. The molecule has 1 aromatic heterocycles. The lowest BCUT2D eigenvalue weighted by Crippen LogP contribution is -2.26. The van der Waals surface area contributed by atoms with Crippen molar-refractivity contribution in [2.75, 3.05) is 23.7 Å². The zero-order valence-corrected chi connectivity index (χ0v) is 11.2. The van der Waals surface area contributed by atoms with Gasteiger partial charge in [-0.3, -0.25) is 0 Å². The maximum Gasteiger partial charge on any atom is 0.128 e. The number of anilines is 2. The first-order valence-corrected chi connectivity index (χ1v) is 6.57. The van der Waals surface area contributed by atoms with E-state index in [1.807, 2.05) is 6.92 Å². The van der Waals surface area contributed by atoms with Crippen LogP contribution in [0.3, 0.4) is 0 Å². The van der Waals surface area contributed by atoms with E-state index >= 15 is 0 Å². The topological polar surface area (TPSA) is 42.1 Å². The van der Waals surface area contributed by atoms with Crippen molar-refractivity contribution >= 4 is 11.5 Å². The van der Waals surface area contributed by atoms with Crippen molar-refractivity contribution in [3.05, 3.63) is 17.8 Å². The Morgan fingerprint density at radius 1 is 1.41 bits per heavy atom. The van der Waals surface area contributed by atoms with Gasteiger partial charge in [0.1, 0.15) is 5.82 Å². The zero-order chi connectivity index (χ0) is 12.5. The van der Waals surface area contributed by atoms with E-state index in [1.54, 1.807) is 6.20 Å². The summed E-state index contributed by atoms with van der Waals surface area (Å²) in [5.74, 6) is 1.08. The molecular weight excluding hydrogens is 210 g/mol. The largest absolute Gasteiger partial charge is 0.397 e.